The number of thiophene rings is 1. The summed E-state index contributed by atoms with van der Waals surface area (Å²) in [7, 11) is -2.23. The Morgan fingerprint density at radius 1 is 1.13 bits per heavy atom. The van der Waals surface area contributed by atoms with Crippen molar-refractivity contribution in [3.8, 4) is 0 Å². The second-order valence-corrected chi connectivity index (χ2v) is 10.6. The van der Waals surface area contributed by atoms with Gasteiger partial charge in [0.15, 0.2) is 0 Å². The van der Waals surface area contributed by atoms with Gasteiger partial charge in [0.1, 0.15) is 4.21 Å². The summed E-state index contributed by atoms with van der Waals surface area (Å²) in [4.78, 5) is 27.3. The smallest absolute Gasteiger partial charge is 0.338 e. The van der Waals surface area contributed by atoms with Crippen molar-refractivity contribution >= 4 is 38.9 Å². The lowest BCUT2D eigenvalue weighted by Gasteiger charge is -2.36. The highest BCUT2D eigenvalue weighted by Crippen LogP contribution is 2.33. The maximum absolute atomic E-state index is 13.4. The molecule has 2 aromatic rings. The normalized spacial score (nSPS) is 19.9. The fourth-order valence-electron chi connectivity index (χ4n) is 4.27. The number of methoxy groups -OCH3 is 1. The van der Waals surface area contributed by atoms with Gasteiger partial charge in [0.2, 0.25) is 5.91 Å². The first-order valence-electron chi connectivity index (χ1n) is 9.98. The van der Waals surface area contributed by atoms with E-state index in [9.17, 15) is 18.0 Å². The molecule has 3 heterocycles. The highest BCUT2D eigenvalue weighted by atomic mass is 32.2. The zero-order chi connectivity index (χ0) is 21.3. The first-order chi connectivity index (χ1) is 14.4. The van der Waals surface area contributed by atoms with Gasteiger partial charge in [-0.15, -0.1) is 11.3 Å². The number of carbonyl (C=O) groups excluding carboxylic acids is 2. The lowest BCUT2D eigenvalue weighted by Crippen LogP contribution is -2.48. The number of carbonyl (C=O) groups is 2. The number of fused-ring (bicyclic) bond motifs is 1. The highest BCUT2D eigenvalue weighted by Gasteiger charge is 2.37. The number of nitrogens with zero attached hydrogens (tertiary/aromatic N) is 2. The molecule has 4 rings (SSSR count). The number of amides is 1. The molecule has 0 radical (unpaired) electrons. The van der Waals surface area contributed by atoms with Gasteiger partial charge in [-0.05, 0) is 54.8 Å². The highest BCUT2D eigenvalue weighted by molar-refractivity contribution is 7.91. The maximum atomic E-state index is 13.4. The summed E-state index contributed by atoms with van der Waals surface area (Å²) in [5.41, 5.74) is 2.04. The number of benzene rings is 1. The van der Waals surface area contributed by atoms with Crippen LogP contribution in [0, 0.1) is 5.92 Å². The summed E-state index contributed by atoms with van der Waals surface area (Å²) in [5.74, 6) is -0.891. The van der Waals surface area contributed by atoms with E-state index in [1.807, 2.05) is 6.07 Å². The minimum Gasteiger partial charge on any atom is -0.465 e. The van der Waals surface area contributed by atoms with Crippen LogP contribution in [0.15, 0.2) is 39.9 Å². The van der Waals surface area contributed by atoms with Crippen LogP contribution in [0.3, 0.4) is 0 Å². The molecular weight excluding hydrogens is 424 g/mol. The molecular formula is C21H24N2O5S2. The van der Waals surface area contributed by atoms with Crippen molar-refractivity contribution < 1.29 is 22.7 Å². The minimum absolute atomic E-state index is 0.0796. The quantitative estimate of drug-likeness (QED) is 0.672. The molecule has 0 aliphatic carbocycles. The van der Waals surface area contributed by atoms with Gasteiger partial charge < -0.3 is 9.64 Å². The predicted octanol–water partition coefficient (Wildman–Crippen LogP) is 2.91. The van der Waals surface area contributed by atoms with Crippen LogP contribution in [0.4, 0.5) is 5.69 Å². The van der Waals surface area contributed by atoms with Gasteiger partial charge >= 0.3 is 5.97 Å². The lowest BCUT2D eigenvalue weighted by molar-refractivity contribution is -0.123. The number of hydrogen-bond donors (Lipinski definition) is 0. The molecule has 2 aliphatic heterocycles. The van der Waals surface area contributed by atoms with E-state index in [1.54, 1.807) is 34.5 Å². The van der Waals surface area contributed by atoms with Gasteiger partial charge in [0.05, 0.1) is 18.6 Å². The number of hydrogen-bond acceptors (Lipinski definition) is 6. The van der Waals surface area contributed by atoms with Crippen LogP contribution in [-0.2, 0) is 26.0 Å². The summed E-state index contributed by atoms with van der Waals surface area (Å²) in [6.07, 6.45) is 2.74. The van der Waals surface area contributed by atoms with E-state index in [4.69, 9.17) is 4.74 Å². The average Bonchev–Trinajstić information content (AvgIpc) is 3.33. The average molecular weight is 449 g/mol. The third-order valence-corrected chi connectivity index (χ3v) is 8.98. The zero-order valence-electron chi connectivity index (χ0n) is 16.7. The van der Waals surface area contributed by atoms with Crippen LogP contribution in [-0.4, -0.2) is 51.3 Å². The minimum atomic E-state index is -3.58. The summed E-state index contributed by atoms with van der Waals surface area (Å²) >= 11 is 1.19. The Bertz CT molecular complexity index is 1050. The van der Waals surface area contributed by atoms with E-state index in [0.717, 1.165) is 17.7 Å². The maximum Gasteiger partial charge on any atom is 0.338 e. The van der Waals surface area contributed by atoms with E-state index in [-0.39, 0.29) is 12.5 Å². The monoisotopic (exact) mass is 448 g/mol. The van der Waals surface area contributed by atoms with E-state index >= 15 is 0 Å². The van der Waals surface area contributed by atoms with E-state index < -0.39 is 21.9 Å². The molecule has 1 saturated heterocycles. The lowest BCUT2D eigenvalue weighted by atomic mass is 9.93. The molecule has 0 unspecified atom stereocenters. The zero-order valence-corrected chi connectivity index (χ0v) is 18.4. The Kier molecular flexibility index (Phi) is 5.95. The second-order valence-electron chi connectivity index (χ2n) is 7.52. The molecule has 7 nitrogen and oxygen atoms in total. The summed E-state index contributed by atoms with van der Waals surface area (Å²) in [6.45, 7) is 1.17. The first kappa shape index (κ1) is 21.0. The van der Waals surface area contributed by atoms with Gasteiger partial charge in [-0.1, -0.05) is 12.1 Å². The SMILES string of the molecule is COC(=O)c1cccc2c1CCCN2C(=O)[C@@H]1CCCN(S(=O)(=O)c2cccs2)C1. The van der Waals surface area contributed by atoms with E-state index in [1.165, 1.54) is 22.8 Å². The Morgan fingerprint density at radius 3 is 2.70 bits per heavy atom. The molecule has 2 aliphatic rings. The number of rotatable bonds is 4. The molecule has 160 valence electrons. The van der Waals surface area contributed by atoms with Crippen molar-refractivity contribution in [2.24, 2.45) is 5.92 Å². The van der Waals surface area contributed by atoms with Crippen LogP contribution in [0.2, 0.25) is 0 Å². The number of ether oxygens (including phenoxy) is 1. The van der Waals surface area contributed by atoms with E-state index in [0.29, 0.717) is 42.1 Å². The Labute approximate surface area is 180 Å². The van der Waals surface area contributed by atoms with Gasteiger partial charge in [-0.25, -0.2) is 13.2 Å². The molecule has 0 N–H and O–H groups in total. The second kappa shape index (κ2) is 8.49. The molecule has 0 bridgehead atoms. The van der Waals surface area contributed by atoms with E-state index in [2.05, 4.69) is 0 Å². The van der Waals surface area contributed by atoms with Crippen molar-refractivity contribution in [3.05, 3.63) is 46.8 Å². The van der Waals surface area contributed by atoms with Gasteiger partial charge in [0, 0.05) is 25.3 Å². The standard InChI is InChI=1S/C21H24N2O5S2/c1-28-21(25)17-7-2-9-18-16(17)8-4-12-23(18)20(24)15-6-3-11-22(14-15)30(26,27)19-10-5-13-29-19/h2,5,7,9-10,13,15H,3-4,6,8,11-12,14H2,1H3/t15-/m1/s1. The number of sulfonamides is 1. The van der Waals surface area contributed by atoms with Crippen LogP contribution in [0.25, 0.3) is 0 Å². The van der Waals surface area contributed by atoms with Crippen LogP contribution < -0.4 is 4.90 Å². The molecule has 1 fully saturated rings. The molecule has 9 heteroatoms. The third-order valence-electron chi connectivity index (χ3n) is 5.74. The van der Waals surface area contributed by atoms with Crippen LogP contribution in [0.1, 0.15) is 35.2 Å². The molecule has 30 heavy (non-hydrogen) atoms. The predicted molar refractivity (Wildman–Crippen MR) is 114 cm³/mol. The molecule has 1 aromatic heterocycles. The topological polar surface area (TPSA) is 84.0 Å². The van der Waals surface area contributed by atoms with Gasteiger partial charge in [0.25, 0.3) is 10.0 Å². The Morgan fingerprint density at radius 2 is 1.97 bits per heavy atom. The number of esters is 1. The summed E-state index contributed by atoms with van der Waals surface area (Å²) < 4.78 is 32.4. The molecule has 0 spiro atoms. The van der Waals surface area contributed by atoms with Gasteiger partial charge in [-0.3, -0.25) is 4.79 Å². The molecule has 1 atom stereocenters. The molecule has 1 aromatic carbocycles. The third kappa shape index (κ3) is 3.77. The molecule has 0 saturated carbocycles. The summed E-state index contributed by atoms with van der Waals surface area (Å²) in [6, 6.07) is 8.63. The van der Waals surface area contributed by atoms with Crippen LogP contribution in [0.5, 0.6) is 0 Å². The van der Waals surface area contributed by atoms with Gasteiger partial charge in [-0.2, -0.15) is 4.31 Å². The van der Waals surface area contributed by atoms with Crippen molar-refractivity contribution in [2.75, 3.05) is 31.6 Å². The number of anilines is 1. The Balaban J connectivity index is 1.58. The fraction of sp³-hybridized carbons (Fsp3) is 0.429. The van der Waals surface area contributed by atoms with Crippen LogP contribution >= 0.6 is 11.3 Å². The number of piperidine rings is 1. The van der Waals surface area contributed by atoms with Crippen molar-refractivity contribution in [1.82, 2.24) is 4.31 Å². The van der Waals surface area contributed by atoms with Crippen molar-refractivity contribution in [1.29, 1.82) is 0 Å². The Hall–Kier alpha value is -2.23. The fourth-order valence-corrected chi connectivity index (χ4v) is 6.94. The van der Waals surface area contributed by atoms with Crippen molar-refractivity contribution in [2.45, 2.75) is 29.9 Å². The first-order valence-corrected chi connectivity index (χ1v) is 12.3. The molecule has 1 amide bonds. The largest absolute Gasteiger partial charge is 0.465 e. The van der Waals surface area contributed by atoms with Crippen molar-refractivity contribution in [3.63, 3.8) is 0 Å². The summed E-state index contributed by atoms with van der Waals surface area (Å²) in [5, 5.41) is 1.74.